The SMILES string of the molecule is CC[C@H](CC[C@@H](C)[C@H]1CC[C@H]2[C@@H]3CCC4CC=CC[C@]4(C)[C@H]3CC[C@]12C)C(C)C. The van der Waals surface area contributed by atoms with Gasteiger partial charge in [0.25, 0.3) is 0 Å². The van der Waals surface area contributed by atoms with Crippen LogP contribution in [0.3, 0.4) is 0 Å². The van der Waals surface area contributed by atoms with Gasteiger partial charge < -0.3 is 0 Å². The minimum absolute atomic E-state index is 0.619. The minimum atomic E-state index is 0.619. The third-order valence-corrected chi connectivity index (χ3v) is 11.4. The molecular weight excluding hydrogens is 348 g/mol. The van der Waals surface area contributed by atoms with Crippen molar-refractivity contribution in [2.75, 3.05) is 0 Å². The van der Waals surface area contributed by atoms with Gasteiger partial charge in [-0.3, -0.25) is 0 Å². The largest absolute Gasteiger partial charge is 0.0882 e. The molecule has 0 aromatic carbocycles. The van der Waals surface area contributed by atoms with Crippen LogP contribution in [-0.4, -0.2) is 0 Å². The second kappa shape index (κ2) is 8.35. The number of allylic oxidation sites excluding steroid dienone is 2. The highest BCUT2D eigenvalue weighted by atomic mass is 14.6. The normalized spacial score (nSPS) is 46.1. The van der Waals surface area contributed by atoms with Gasteiger partial charge in [0.1, 0.15) is 0 Å². The fourth-order valence-corrected chi connectivity index (χ4v) is 9.50. The van der Waals surface area contributed by atoms with E-state index < -0.39 is 0 Å². The van der Waals surface area contributed by atoms with Crippen molar-refractivity contribution in [2.24, 2.45) is 58.2 Å². The highest BCUT2D eigenvalue weighted by Crippen LogP contribution is 2.68. The first-order valence-corrected chi connectivity index (χ1v) is 13.5. The molecule has 0 heteroatoms. The van der Waals surface area contributed by atoms with E-state index in [2.05, 4.69) is 53.7 Å². The van der Waals surface area contributed by atoms with E-state index in [0.717, 1.165) is 47.3 Å². The average Bonchev–Trinajstić information content (AvgIpc) is 3.05. The van der Waals surface area contributed by atoms with Gasteiger partial charge in [0.15, 0.2) is 0 Å². The summed E-state index contributed by atoms with van der Waals surface area (Å²) < 4.78 is 0. The summed E-state index contributed by atoms with van der Waals surface area (Å²) in [7, 11) is 0. The van der Waals surface area contributed by atoms with E-state index in [-0.39, 0.29) is 0 Å². The van der Waals surface area contributed by atoms with Crippen molar-refractivity contribution in [3.05, 3.63) is 12.2 Å². The summed E-state index contributed by atoms with van der Waals surface area (Å²) in [6, 6.07) is 0. The van der Waals surface area contributed by atoms with Gasteiger partial charge in [0, 0.05) is 0 Å². The summed E-state index contributed by atoms with van der Waals surface area (Å²) in [5.41, 5.74) is 1.27. The zero-order valence-electron chi connectivity index (χ0n) is 20.6. The second-order valence-electron chi connectivity index (χ2n) is 12.8. The molecule has 1 unspecified atom stereocenters. The monoisotopic (exact) mass is 398 g/mol. The maximum atomic E-state index is 2.75. The molecule has 4 aliphatic carbocycles. The number of rotatable bonds is 6. The Kier molecular flexibility index (Phi) is 6.32. The lowest BCUT2D eigenvalue weighted by molar-refractivity contribution is -0.101. The van der Waals surface area contributed by atoms with Crippen LogP contribution in [0.5, 0.6) is 0 Å². The van der Waals surface area contributed by atoms with Crippen LogP contribution < -0.4 is 0 Å². The van der Waals surface area contributed by atoms with E-state index in [1.807, 2.05) is 0 Å². The molecule has 0 heterocycles. The molecule has 0 amide bonds. The van der Waals surface area contributed by atoms with Gasteiger partial charge >= 0.3 is 0 Å². The quantitative estimate of drug-likeness (QED) is 0.392. The summed E-state index contributed by atoms with van der Waals surface area (Å²) >= 11 is 0. The Hall–Kier alpha value is -0.260. The predicted molar refractivity (Wildman–Crippen MR) is 127 cm³/mol. The molecule has 9 atom stereocenters. The first-order chi connectivity index (χ1) is 13.8. The second-order valence-corrected chi connectivity index (χ2v) is 12.8. The summed E-state index contributed by atoms with van der Waals surface area (Å²) in [4.78, 5) is 0. The van der Waals surface area contributed by atoms with Crippen LogP contribution in [0, 0.1) is 58.2 Å². The van der Waals surface area contributed by atoms with Gasteiger partial charge in [-0.2, -0.15) is 0 Å². The molecule has 0 aromatic rings. The van der Waals surface area contributed by atoms with Crippen molar-refractivity contribution in [3.63, 3.8) is 0 Å². The van der Waals surface area contributed by atoms with E-state index in [9.17, 15) is 0 Å². The van der Waals surface area contributed by atoms with Gasteiger partial charge in [0.2, 0.25) is 0 Å². The minimum Gasteiger partial charge on any atom is -0.0882 e. The molecule has 0 aliphatic heterocycles. The zero-order chi connectivity index (χ0) is 20.8. The Balaban J connectivity index is 1.46. The average molecular weight is 399 g/mol. The third kappa shape index (κ3) is 3.67. The first kappa shape index (κ1) is 22.0. The first-order valence-electron chi connectivity index (χ1n) is 13.5. The lowest BCUT2D eigenvalue weighted by atomic mass is 9.45. The summed E-state index contributed by atoms with van der Waals surface area (Å²) in [6.07, 6.45) is 21.3. The third-order valence-electron chi connectivity index (χ3n) is 11.4. The zero-order valence-corrected chi connectivity index (χ0v) is 20.6. The van der Waals surface area contributed by atoms with E-state index in [4.69, 9.17) is 0 Å². The van der Waals surface area contributed by atoms with E-state index in [1.165, 1.54) is 57.8 Å². The molecule has 0 saturated heterocycles. The highest BCUT2D eigenvalue weighted by Gasteiger charge is 2.59. The fourth-order valence-electron chi connectivity index (χ4n) is 9.50. The molecule has 0 aromatic heterocycles. The maximum absolute atomic E-state index is 2.75. The molecule has 3 fully saturated rings. The number of hydrogen-bond acceptors (Lipinski definition) is 0. The smallest absolute Gasteiger partial charge is 0.0229 e. The molecule has 0 radical (unpaired) electrons. The Morgan fingerprint density at radius 3 is 2.34 bits per heavy atom. The maximum Gasteiger partial charge on any atom is -0.0229 e. The van der Waals surface area contributed by atoms with Crippen LogP contribution >= 0.6 is 0 Å². The topological polar surface area (TPSA) is 0 Å². The van der Waals surface area contributed by atoms with Crippen LogP contribution in [0.4, 0.5) is 0 Å². The van der Waals surface area contributed by atoms with Gasteiger partial charge in [-0.25, -0.2) is 0 Å². The Morgan fingerprint density at radius 1 is 0.862 bits per heavy atom. The van der Waals surface area contributed by atoms with Crippen LogP contribution in [-0.2, 0) is 0 Å². The van der Waals surface area contributed by atoms with E-state index in [0.29, 0.717) is 10.8 Å². The number of hydrogen-bond donors (Lipinski definition) is 0. The molecule has 3 saturated carbocycles. The highest BCUT2D eigenvalue weighted by molar-refractivity contribution is 5.12. The van der Waals surface area contributed by atoms with Crippen molar-refractivity contribution in [1.82, 2.24) is 0 Å². The standard InChI is InChI=1S/C29H50/c1-7-22(20(2)3)12-11-21(4)25-15-16-26-24-14-13-23-10-8-9-18-28(23,5)27(24)17-19-29(25,26)6/h8-9,20-27H,7,10-19H2,1-6H3/t21-,22-,23?,24+,25-,26+,27+,28+,29-/m1/s1. The van der Waals surface area contributed by atoms with Crippen molar-refractivity contribution >= 4 is 0 Å². The van der Waals surface area contributed by atoms with E-state index in [1.54, 1.807) is 12.8 Å². The molecular formula is C29H50. The van der Waals surface area contributed by atoms with Crippen molar-refractivity contribution in [2.45, 2.75) is 112 Å². The Labute approximate surface area is 182 Å². The molecule has 29 heavy (non-hydrogen) atoms. The van der Waals surface area contributed by atoms with Crippen LogP contribution in [0.15, 0.2) is 12.2 Å². The van der Waals surface area contributed by atoms with Crippen LogP contribution in [0.2, 0.25) is 0 Å². The molecule has 0 nitrogen and oxygen atoms in total. The van der Waals surface area contributed by atoms with Gasteiger partial charge in [-0.1, -0.05) is 66.5 Å². The number of fused-ring (bicyclic) bond motifs is 5. The van der Waals surface area contributed by atoms with Gasteiger partial charge in [-0.05, 0) is 116 Å². The lowest BCUT2D eigenvalue weighted by Crippen LogP contribution is -2.52. The molecule has 0 spiro atoms. The predicted octanol–water partition coefficient (Wildman–Crippen LogP) is 8.91. The molecule has 4 rings (SSSR count). The molecule has 166 valence electrons. The van der Waals surface area contributed by atoms with Crippen molar-refractivity contribution in [3.8, 4) is 0 Å². The van der Waals surface area contributed by atoms with Crippen molar-refractivity contribution < 1.29 is 0 Å². The molecule has 4 aliphatic rings. The molecule has 0 bridgehead atoms. The van der Waals surface area contributed by atoms with E-state index >= 15 is 0 Å². The molecule has 0 N–H and O–H groups in total. The summed E-state index contributed by atoms with van der Waals surface area (Å²) in [5.74, 6) is 7.79. The van der Waals surface area contributed by atoms with Gasteiger partial charge in [-0.15, -0.1) is 0 Å². The van der Waals surface area contributed by atoms with Crippen LogP contribution in [0.1, 0.15) is 112 Å². The Bertz CT molecular complexity index is 587. The lowest BCUT2D eigenvalue weighted by Gasteiger charge is -2.60. The van der Waals surface area contributed by atoms with Crippen molar-refractivity contribution in [1.29, 1.82) is 0 Å². The summed E-state index contributed by atoms with van der Waals surface area (Å²) in [6.45, 7) is 15.3. The van der Waals surface area contributed by atoms with Gasteiger partial charge in [0.05, 0.1) is 0 Å². The fraction of sp³-hybridized carbons (Fsp3) is 0.931. The summed E-state index contributed by atoms with van der Waals surface area (Å²) in [5, 5.41) is 0. The Morgan fingerprint density at radius 2 is 1.62 bits per heavy atom. The van der Waals surface area contributed by atoms with Crippen LogP contribution in [0.25, 0.3) is 0 Å².